The molecule has 2 heterocycles. The number of nitrogens with one attached hydrogen (secondary N) is 2. The molecule has 116 valence electrons. The highest BCUT2D eigenvalue weighted by Crippen LogP contribution is 2.16. The third-order valence-electron chi connectivity index (χ3n) is 3.36. The van der Waals surface area contributed by atoms with E-state index < -0.39 is 0 Å². The first kappa shape index (κ1) is 15.3. The van der Waals surface area contributed by atoms with Crippen LogP contribution in [0.4, 0.5) is 16.6 Å². The molecule has 1 aromatic rings. The maximum atomic E-state index is 11.6. The molecule has 0 radical (unpaired) electrons. The highest BCUT2D eigenvalue weighted by Gasteiger charge is 2.23. The van der Waals surface area contributed by atoms with Crippen LogP contribution in [0.15, 0.2) is 12.3 Å². The van der Waals surface area contributed by atoms with Crippen molar-refractivity contribution in [3.05, 3.63) is 12.3 Å². The zero-order valence-corrected chi connectivity index (χ0v) is 12.6. The molecule has 1 aliphatic heterocycles. The summed E-state index contributed by atoms with van der Waals surface area (Å²) >= 11 is 0. The number of amides is 1. The lowest BCUT2D eigenvalue weighted by molar-refractivity contribution is 0.0983. The van der Waals surface area contributed by atoms with Gasteiger partial charge in [0.2, 0.25) is 5.95 Å². The molecule has 7 nitrogen and oxygen atoms in total. The molecule has 0 aliphatic carbocycles. The Labute approximate surface area is 125 Å². The Kier molecular flexibility index (Phi) is 5.59. The van der Waals surface area contributed by atoms with E-state index in [9.17, 15) is 4.79 Å². The topological polar surface area (TPSA) is 79.4 Å². The van der Waals surface area contributed by atoms with Crippen LogP contribution in [0.5, 0.6) is 0 Å². The van der Waals surface area contributed by atoms with Crippen molar-refractivity contribution >= 4 is 17.9 Å². The van der Waals surface area contributed by atoms with Crippen LogP contribution in [0.3, 0.4) is 0 Å². The van der Waals surface area contributed by atoms with Crippen LogP contribution in [-0.2, 0) is 4.74 Å². The van der Waals surface area contributed by atoms with E-state index >= 15 is 0 Å². The smallest absolute Gasteiger partial charge is 0.409 e. The Balaban J connectivity index is 1.83. The van der Waals surface area contributed by atoms with Crippen molar-refractivity contribution in [1.82, 2.24) is 14.9 Å². The minimum atomic E-state index is -0.215. The zero-order chi connectivity index (χ0) is 15.1. The Morgan fingerprint density at radius 3 is 2.86 bits per heavy atom. The lowest BCUT2D eigenvalue weighted by atomic mass is 10.1. The Morgan fingerprint density at radius 1 is 1.43 bits per heavy atom. The van der Waals surface area contributed by atoms with Crippen LogP contribution >= 0.6 is 0 Å². The third kappa shape index (κ3) is 4.47. The number of hydrogen-bond donors (Lipinski definition) is 2. The summed E-state index contributed by atoms with van der Waals surface area (Å²) in [6.07, 6.45) is 3.30. The standard InChI is InChI=1S/C14H23N5O2/c1-3-15-13-16-8-5-12(18-13)17-11-6-9-19(10-7-11)14(20)21-4-2/h5,8,11H,3-4,6-7,9-10H2,1-2H3,(H2,15,16,17,18). The quantitative estimate of drug-likeness (QED) is 0.863. The molecule has 0 saturated carbocycles. The van der Waals surface area contributed by atoms with E-state index in [0.717, 1.165) is 25.2 Å². The van der Waals surface area contributed by atoms with Gasteiger partial charge in [0.15, 0.2) is 0 Å². The maximum absolute atomic E-state index is 11.6. The molecule has 0 bridgehead atoms. The summed E-state index contributed by atoms with van der Waals surface area (Å²) in [5.41, 5.74) is 0. The van der Waals surface area contributed by atoms with Gasteiger partial charge in [0.25, 0.3) is 0 Å². The maximum Gasteiger partial charge on any atom is 0.409 e. The van der Waals surface area contributed by atoms with Crippen LogP contribution in [0.1, 0.15) is 26.7 Å². The monoisotopic (exact) mass is 293 g/mol. The van der Waals surface area contributed by atoms with Crippen molar-refractivity contribution in [1.29, 1.82) is 0 Å². The summed E-state index contributed by atoms with van der Waals surface area (Å²) in [6.45, 7) is 6.47. The highest BCUT2D eigenvalue weighted by atomic mass is 16.6. The summed E-state index contributed by atoms with van der Waals surface area (Å²) in [6, 6.07) is 2.18. The molecule has 1 aromatic heterocycles. The van der Waals surface area contributed by atoms with Crippen molar-refractivity contribution < 1.29 is 9.53 Å². The van der Waals surface area contributed by atoms with Gasteiger partial charge in [0, 0.05) is 31.9 Å². The Hall–Kier alpha value is -2.05. The number of likely N-dealkylation sites (tertiary alicyclic amines) is 1. The summed E-state index contributed by atoms with van der Waals surface area (Å²) in [5, 5.41) is 6.49. The Morgan fingerprint density at radius 2 is 2.19 bits per heavy atom. The molecule has 1 aliphatic rings. The third-order valence-corrected chi connectivity index (χ3v) is 3.36. The van der Waals surface area contributed by atoms with Crippen LogP contribution in [0.25, 0.3) is 0 Å². The number of rotatable bonds is 5. The second-order valence-electron chi connectivity index (χ2n) is 4.90. The van der Waals surface area contributed by atoms with E-state index in [2.05, 4.69) is 20.6 Å². The Bertz CT molecular complexity index is 460. The first-order chi connectivity index (χ1) is 10.2. The lowest BCUT2D eigenvalue weighted by Crippen LogP contribution is -2.42. The molecule has 0 atom stereocenters. The molecule has 0 aromatic carbocycles. The summed E-state index contributed by atoms with van der Waals surface area (Å²) in [7, 11) is 0. The molecule has 2 rings (SSSR count). The SMILES string of the molecule is CCNc1nccc(NC2CCN(C(=O)OCC)CC2)n1. The van der Waals surface area contributed by atoms with E-state index in [1.54, 1.807) is 11.1 Å². The normalized spacial score (nSPS) is 15.6. The van der Waals surface area contributed by atoms with E-state index in [4.69, 9.17) is 4.74 Å². The van der Waals surface area contributed by atoms with Crippen molar-refractivity contribution in [2.45, 2.75) is 32.7 Å². The number of anilines is 2. The predicted molar refractivity (Wildman–Crippen MR) is 81.4 cm³/mol. The minimum Gasteiger partial charge on any atom is -0.450 e. The average Bonchev–Trinajstić information content (AvgIpc) is 2.49. The molecule has 7 heteroatoms. The van der Waals surface area contributed by atoms with Crippen LogP contribution in [-0.4, -0.2) is 53.2 Å². The summed E-state index contributed by atoms with van der Waals surface area (Å²) in [4.78, 5) is 21.9. The van der Waals surface area contributed by atoms with Crippen molar-refractivity contribution in [3.8, 4) is 0 Å². The van der Waals surface area contributed by atoms with Crippen molar-refractivity contribution in [2.75, 3.05) is 36.9 Å². The zero-order valence-electron chi connectivity index (χ0n) is 12.6. The van der Waals surface area contributed by atoms with Crippen LogP contribution < -0.4 is 10.6 Å². The average molecular weight is 293 g/mol. The molecule has 0 spiro atoms. The van der Waals surface area contributed by atoms with Gasteiger partial charge < -0.3 is 20.3 Å². The van der Waals surface area contributed by atoms with Gasteiger partial charge in [-0.1, -0.05) is 0 Å². The van der Waals surface area contributed by atoms with E-state index in [0.29, 0.717) is 31.7 Å². The van der Waals surface area contributed by atoms with Gasteiger partial charge in [-0.15, -0.1) is 0 Å². The van der Waals surface area contributed by atoms with Crippen molar-refractivity contribution in [3.63, 3.8) is 0 Å². The number of aromatic nitrogens is 2. The van der Waals surface area contributed by atoms with E-state index in [-0.39, 0.29) is 6.09 Å². The van der Waals surface area contributed by atoms with Gasteiger partial charge in [0.1, 0.15) is 5.82 Å². The lowest BCUT2D eigenvalue weighted by Gasteiger charge is -2.31. The number of carbonyl (C=O) groups is 1. The number of nitrogens with zero attached hydrogens (tertiary/aromatic N) is 3. The van der Waals surface area contributed by atoms with Gasteiger partial charge in [-0.3, -0.25) is 0 Å². The van der Waals surface area contributed by atoms with Gasteiger partial charge in [-0.05, 0) is 32.8 Å². The fourth-order valence-corrected chi connectivity index (χ4v) is 2.31. The second-order valence-corrected chi connectivity index (χ2v) is 4.90. The van der Waals surface area contributed by atoms with E-state index in [1.165, 1.54) is 0 Å². The molecule has 0 unspecified atom stereocenters. The second kappa shape index (κ2) is 7.66. The minimum absolute atomic E-state index is 0.215. The molecule has 1 fully saturated rings. The molecule has 1 saturated heterocycles. The number of hydrogen-bond acceptors (Lipinski definition) is 6. The fourth-order valence-electron chi connectivity index (χ4n) is 2.31. The van der Waals surface area contributed by atoms with Crippen LogP contribution in [0.2, 0.25) is 0 Å². The number of piperidine rings is 1. The van der Waals surface area contributed by atoms with Crippen molar-refractivity contribution in [2.24, 2.45) is 0 Å². The first-order valence-electron chi connectivity index (χ1n) is 7.48. The molecule has 1 amide bonds. The molecular weight excluding hydrogens is 270 g/mol. The molecule has 2 N–H and O–H groups in total. The molecular formula is C14H23N5O2. The van der Waals surface area contributed by atoms with Gasteiger partial charge >= 0.3 is 6.09 Å². The highest BCUT2D eigenvalue weighted by molar-refractivity contribution is 5.67. The summed E-state index contributed by atoms with van der Waals surface area (Å²) < 4.78 is 5.02. The predicted octanol–water partition coefficient (Wildman–Crippen LogP) is 1.94. The summed E-state index contributed by atoms with van der Waals surface area (Å²) in [5.74, 6) is 1.45. The first-order valence-corrected chi connectivity index (χ1v) is 7.48. The van der Waals surface area contributed by atoms with Gasteiger partial charge in [-0.25, -0.2) is 9.78 Å². The van der Waals surface area contributed by atoms with Crippen LogP contribution in [0, 0.1) is 0 Å². The fraction of sp³-hybridized carbons (Fsp3) is 0.643. The van der Waals surface area contributed by atoms with E-state index in [1.807, 2.05) is 19.9 Å². The largest absolute Gasteiger partial charge is 0.450 e. The van der Waals surface area contributed by atoms with Gasteiger partial charge in [-0.2, -0.15) is 4.98 Å². The van der Waals surface area contributed by atoms with Gasteiger partial charge in [0.05, 0.1) is 6.61 Å². The number of ether oxygens (including phenoxy) is 1. The molecule has 21 heavy (non-hydrogen) atoms. The number of carbonyl (C=O) groups excluding carboxylic acids is 1.